The first-order valence-electron chi connectivity index (χ1n) is 27.6. The van der Waals surface area contributed by atoms with E-state index in [4.69, 9.17) is 15.2 Å². The number of carbonyl (C=O) groups is 7. The zero-order chi connectivity index (χ0) is 56.5. The molecule has 2 aromatic heterocycles. The van der Waals surface area contributed by atoms with Gasteiger partial charge in [-0.3, -0.25) is 38.7 Å². The lowest BCUT2D eigenvalue weighted by molar-refractivity contribution is -0.143. The number of nitrogens with one attached hydrogen (secondary N) is 8. The smallest absolute Gasteiger partial charge is 0.407 e. The number of aromatic nitrogens is 2. The van der Waals surface area contributed by atoms with E-state index in [-0.39, 0.29) is 58.3 Å². The molecule has 21 nitrogen and oxygen atoms in total. The summed E-state index contributed by atoms with van der Waals surface area (Å²) in [5, 5.41) is 21.5. The Balaban J connectivity index is 1.10. The molecule has 3 saturated heterocycles. The van der Waals surface area contributed by atoms with Crippen LogP contribution >= 0.6 is 0 Å². The van der Waals surface area contributed by atoms with E-state index in [1.165, 1.54) is 4.90 Å². The monoisotopic (exact) mass is 1100 g/mol. The van der Waals surface area contributed by atoms with Crippen molar-refractivity contribution in [3.8, 4) is 5.75 Å². The number of amides is 7. The Kier molecular flexibility index (Phi) is 19.7. The molecule has 0 saturated carbocycles. The van der Waals surface area contributed by atoms with Gasteiger partial charge in [0.05, 0.1) is 6.54 Å². The molecule has 0 spiro atoms. The zero-order valence-electron chi connectivity index (χ0n) is 45.0. The summed E-state index contributed by atoms with van der Waals surface area (Å²) in [5.74, 6) is -3.63. The van der Waals surface area contributed by atoms with Crippen LogP contribution in [0.4, 0.5) is 4.79 Å². The summed E-state index contributed by atoms with van der Waals surface area (Å²) in [5.41, 5.74) is 10.2. The summed E-state index contributed by atoms with van der Waals surface area (Å²) in [6.45, 7) is 2.73. The van der Waals surface area contributed by atoms with E-state index < -0.39 is 83.9 Å². The number of benzene rings is 4. The predicted octanol–water partition coefficient (Wildman–Crippen LogP) is 1.80. The molecule has 21 heteroatoms. The maximum Gasteiger partial charge on any atom is 0.407 e. The lowest BCUT2D eigenvalue weighted by Gasteiger charge is -2.33. The number of piperazine rings is 1. The Hall–Kier alpha value is -8.66. The second-order valence-corrected chi connectivity index (χ2v) is 20.6. The van der Waals surface area contributed by atoms with Gasteiger partial charge in [0.1, 0.15) is 54.7 Å². The summed E-state index contributed by atoms with van der Waals surface area (Å²) >= 11 is 0. The Morgan fingerprint density at radius 2 is 1.26 bits per heavy atom. The fourth-order valence-corrected chi connectivity index (χ4v) is 10.5. The minimum absolute atomic E-state index is 0.0204. The van der Waals surface area contributed by atoms with Gasteiger partial charge in [-0.2, -0.15) is 0 Å². The van der Waals surface area contributed by atoms with E-state index in [1.807, 2.05) is 89.8 Å². The van der Waals surface area contributed by atoms with Crippen molar-refractivity contribution in [2.75, 3.05) is 52.4 Å². The zero-order valence-corrected chi connectivity index (χ0v) is 45.0. The van der Waals surface area contributed by atoms with Crippen LogP contribution < -0.4 is 47.7 Å². The molecule has 0 aliphatic carbocycles. The van der Waals surface area contributed by atoms with Gasteiger partial charge >= 0.3 is 6.09 Å². The largest absolute Gasteiger partial charge is 0.489 e. The highest BCUT2D eigenvalue weighted by molar-refractivity contribution is 5.99. The van der Waals surface area contributed by atoms with Gasteiger partial charge in [0.15, 0.2) is 0 Å². The molecule has 7 atom stereocenters. The van der Waals surface area contributed by atoms with Gasteiger partial charge in [-0.25, -0.2) is 4.79 Å². The number of fused-ring (bicyclic) bond motifs is 2. The van der Waals surface area contributed by atoms with Crippen LogP contribution in [-0.2, 0) is 65.8 Å². The quantitative estimate of drug-likeness (QED) is 0.0631. The molecule has 7 amide bonds. The number of aromatic amines is 1. The third kappa shape index (κ3) is 15.8. The van der Waals surface area contributed by atoms with Crippen molar-refractivity contribution < 1.29 is 43.0 Å². The number of alkyl carbamates (subject to hydrolysis) is 1. The van der Waals surface area contributed by atoms with Gasteiger partial charge < -0.3 is 62.3 Å². The molecule has 9 rings (SSSR count). The molecule has 6 aromatic rings. The van der Waals surface area contributed by atoms with Crippen LogP contribution in [0.5, 0.6) is 5.75 Å². The number of nitrogens with two attached hydrogens (primary N) is 1. The van der Waals surface area contributed by atoms with Crippen LogP contribution in [0.1, 0.15) is 40.7 Å². The Bertz CT molecular complexity index is 3090. The molecule has 81 heavy (non-hydrogen) atoms. The summed E-state index contributed by atoms with van der Waals surface area (Å²) < 4.78 is 11.8. The molecule has 10 N–H and O–H groups in total. The van der Waals surface area contributed by atoms with E-state index in [1.54, 1.807) is 55.0 Å². The van der Waals surface area contributed by atoms with Crippen molar-refractivity contribution >= 4 is 52.4 Å². The van der Waals surface area contributed by atoms with Crippen LogP contribution in [-0.4, -0.2) is 156 Å². The Labute approximate surface area is 469 Å². The number of ether oxygens (including phenoxy) is 2. The average molecular weight is 1100 g/mol. The van der Waals surface area contributed by atoms with Gasteiger partial charge in [-0.05, 0) is 64.9 Å². The molecule has 0 bridgehead atoms. The van der Waals surface area contributed by atoms with E-state index in [2.05, 4.69) is 47.2 Å². The van der Waals surface area contributed by atoms with Crippen LogP contribution in [0.25, 0.3) is 10.9 Å². The van der Waals surface area contributed by atoms with Crippen molar-refractivity contribution in [2.24, 2.45) is 5.73 Å². The second kappa shape index (κ2) is 28.0. The molecular formula is C60H70N12O9. The molecule has 3 fully saturated rings. The first-order valence-corrected chi connectivity index (χ1v) is 27.6. The van der Waals surface area contributed by atoms with Crippen molar-refractivity contribution in [1.29, 1.82) is 0 Å². The molecule has 4 aromatic carbocycles. The minimum atomic E-state index is -1.37. The van der Waals surface area contributed by atoms with Gasteiger partial charge in [0, 0.05) is 101 Å². The number of rotatable bonds is 17. The highest BCUT2D eigenvalue weighted by Gasteiger charge is 2.45. The average Bonchev–Trinajstić information content (AvgIpc) is 4.11. The van der Waals surface area contributed by atoms with Gasteiger partial charge in [0.25, 0.3) is 0 Å². The fourth-order valence-electron chi connectivity index (χ4n) is 10.5. The normalized spacial score (nSPS) is 22.5. The predicted molar refractivity (Wildman–Crippen MR) is 302 cm³/mol. The van der Waals surface area contributed by atoms with Crippen LogP contribution in [0, 0.1) is 0 Å². The molecule has 5 heterocycles. The van der Waals surface area contributed by atoms with Crippen molar-refractivity contribution in [2.45, 2.75) is 87.5 Å². The lowest BCUT2D eigenvalue weighted by Crippen LogP contribution is -2.63. The van der Waals surface area contributed by atoms with Gasteiger partial charge in [-0.15, -0.1) is 0 Å². The van der Waals surface area contributed by atoms with Crippen molar-refractivity contribution in [3.05, 3.63) is 168 Å². The molecule has 3 aliphatic heterocycles. The van der Waals surface area contributed by atoms with Gasteiger partial charge in [0.2, 0.25) is 35.4 Å². The number of H-pyrrole nitrogens is 1. The first-order chi connectivity index (χ1) is 39.5. The Morgan fingerprint density at radius 3 is 1.98 bits per heavy atom. The van der Waals surface area contributed by atoms with Crippen LogP contribution in [0.15, 0.2) is 140 Å². The fraction of sp³-hybridized carbons (Fsp3) is 0.367. The van der Waals surface area contributed by atoms with E-state index in [0.29, 0.717) is 61.6 Å². The highest BCUT2D eigenvalue weighted by Crippen LogP contribution is 2.25. The summed E-state index contributed by atoms with van der Waals surface area (Å²) in [7, 11) is 0. The lowest BCUT2D eigenvalue weighted by atomic mass is 10.0. The van der Waals surface area contributed by atoms with E-state index >= 15 is 28.8 Å². The minimum Gasteiger partial charge on any atom is -0.489 e. The number of hydrogen-bond donors (Lipinski definition) is 9. The van der Waals surface area contributed by atoms with E-state index in [0.717, 1.165) is 22.0 Å². The SMILES string of the molecule is NCCNC(=O)O[C@@H]1C[C@H]2C(=O)N[C@@H](CCc3ccccc3)C(=O)N[C@H](Cc3c[nH]c4ccccc34)C(=O)N[C@@H](CN3CCNCC3)C(=O)N[C@@H](Cc3ccc(OCc4ccccc4)cc3)C(=O)N[C@@H](Cc3cccnc3)C(=O)N2C1. The van der Waals surface area contributed by atoms with Crippen LogP contribution in [0.3, 0.4) is 0 Å². The Morgan fingerprint density at radius 1 is 0.642 bits per heavy atom. The van der Waals surface area contributed by atoms with Crippen LogP contribution in [0.2, 0.25) is 0 Å². The van der Waals surface area contributed by atoms with E-state index in [9.17, 15) is 4.79 Å². The maximum absolute atomic E-state index is 15.4. The third-order valence-electron chi connectivity index (χ3n) is 14.8. The third-order valence-corrected chi connectivity index (χ3v) is 14.8. The summed E-state index contributed by atoms with van der Waals surface area (Å²) in [6.07, 6.45) is 3.13. The number of hydrogen-bond acceptors (Lipinski definition) is 13. The number of aryl methyl sites for hydroxylation is 1. The molecular weight excluding hydrogens is 1030 g/mol. The summed E-state index contributed by atoms with van der Waals surface area (Å²) in [4.78, 5) is 115. The maximum atomic E-state index is 15.4. The molecule has 3 aliphatic rings. The second-order valence-electron chi connectivity index (χ2n) is 20.6. The topological polar surface area (TPSA) is 283 Å². The summed E-state index contributed by atoms with van der Waals surface area (Å²) in [6, 6.07) is 29.3. The molecule has 0 unspecified atom stereocenters. The molecule has 424 valence electrons. The first kappa shape index (κ1) is 57.0. The van der Waals surface area contributed by atoms with Crippen molar-refractivity contribution in [3.63, 3.8) is 0 Å². The number of nitrogens with zero attached hydrogens (tertiary/aromatic N) is 3. The van der Waals surface area contributed by atoms with Crippen molar-refractivity contribution in [1.82, 2.24) is 57.0 Å². The number of pyridine rings is 1. The number of para-hydroxylation sites is 1. The number of carbonyl (C=O) groups excluding carboxylic acids is 7. The standard InChI is InChI=1S/C60H70N12O9/c61-23-25-64-60(79)81-45-33-53-58(77)66-48(22-19-39-10-3-1-4-11-39)54(73)68-50(32-43-35-65-47-16-8-7-15-46(43)47)56(75)70-52(37-71-28-26-62-27-29-71)57(76)67-49(30-40-17-20-44(21-18-40)80-38-41-12-5-2-6-13-41)55(74)69-51(59(78)72(53)36-45)31-42-14-9-24-63-34-42/h1-18,20-21,24,34-35,45,48-53,62,65H,19,22-23,25-33,36-38,61H2,(H,64,79)(H,66,77)(H,67,76)(H,68,73)(H,69,74)(H,70,75)/t45-,48+,49+,50-,51+,52+,53+/m1/s1. The van der Waals surface area contributed by atoms with Gasteiger partial charge in [-0.1, -0.05) is 97.1 Å². The molecule has 0 radical (unpaired) electrons. The highest BCUT2D eigenvalue weighted by atomic mass is 16.6.